The highest BCUT2D eigenvalue weighted by molar-refractivity contribution is 6.32. The van der Waals surface area contributed by atoms with Gasteiger partial charge >= 0.3 is 0 Å². The highest BCUT2D eigenvalue weighted by Gasteiger charge is 2.13. The largest absolute Gasteiger partial charge is 0.365 e. The number of pyridine rings is 1. The van der Waals surface area contributed by atoms with Crippen LogP contribution < -0.4 is 5.73 Å². The molecule has 0 aromatic carbocycles. The number of carbonyl (C=O) groups excluding carboxylic acids is 1. The van der Waals surface area contributed by atoms with E-state index in [1.54, 1.807) is 36.3 Å². The highest BCUT2D eigenvalue weighted by atomic mass is 35.5. The van der Waals surface area contributed by atoms with E-state index in [9.17, 15) is 4.79 Å². The number of aryl methyl sites for hydroxylation is 1. The smallest absolute Gasteiger partial charge is 0.252 e. The van der Waals surface area contributed by atoms with Crippen LogP contribution in [-0.4, -0.2) is 20.4 Å². The number of primary amides is 1. The number of hydrogen-bond acceptors (Lipinski definition) is 3. The van der Waals surface area contributed by atoms with Crippen molar-refractivity contribution < 1.29 is 4.79 Å². The van der Waals surface area contributed by atoms with Gasteiger partial charge in [0.2, 0.25) is 0 Å². The van der Waals surface area contributed by atoms with Gasteiger partial charge in [0.05, 0.1) is 5.56 Å². The Hall–Kier alpha value is -1.88. The van der Waals surface area contributed by atoms with Gasteiger partial charge in [0.15, 0.2) is 0 Å². The molecule has 0 aliphatic rings. The third kappa shape index (κ3) is 1.77. The number of imidazole rings is 1. The molecule has 6 heteroatoms. The maximum atomic E-state index is 11.1. The quantitative estimate of drug-likeness (QED) is 0.800. The molecule has 82 valence electrons. The minimum absolute atomic E-state index is 0.108. The van der Waals surface area contributed by atoms with Crippen LogP contribution in [0.2, 0.25) is 5.15 Å². The van der Waals surface area contributed by atoms with E-state index >= 15 is 0 Å². The van der Waals surface area contributed by atoms with Crippen molar-refractivity contribution in [2.45, 2.75) is 6.92 Å². The Morgan fingerprint density at radius 2 is 2.31 bits per heavy atom. The van der Waals surface area contributed by atoms with Gasteiger partial charge in [0.1, 0.15) is 17.3 Å². The summed E-state index contributed by atoms with van der Waals surface area (Å²) in [5.74, 6) is 0.0252. The van der Waals surface area contributed by atoms with Gasteiger partial charge in [-0.05, 0) is 18.6 Å². The summed E-state index contributed by atoms with van der Waals surface area (Å²) in [6.45, 7) is 1.76. The molecule has 2 rings (SSSR count). The van der Waals surface area contributed by atoms with Crippen LogP contribution in [0.5, 0.6) is 0 Å². The minimum atomic E-state index is -0.577. The Bertz CT molecular complexity index is 513. The van der Waals surface area contributed by atoms with Crippen molar-refractivity contribution in [3.05, 3.63) is 41.1 Å². The van der Waals surface area contributed by atoms with Crippen molar-refractivity contribution >= 4 is 17.5 Å². The van der Waals surface area contributed by atoms with Crippen LogP contribution in [0.3, 0.4) is 0 Å². The van der Waals surface area contributed by atoms with E-state index < -0.39 is 5.91 Å². The van der Waals surface area contributed by atoms with Crippen molar-refractivity contribution in [2.75, 3.05) is 0 Å². The van der Waals surface area contributed by atoms with Crippen LogP contribution in [0.1, 0.15) is 15.9 Å². The van der Waals surface area contributed by atoms with E-state index in [2.05, 4.69) is 9.97 Å². The molecule has 0 fully saturated rings. The van der Waals surface area contributed by atoms with Crippen LogP contribution in [0.15, 0.2) is 24.8 Å². The molecule has 2 heterocycles. The lowest BCUT2D eigenvalue weighted by molar-refractivity contribution is 0.0999. The van der Waals surface area contributed by atoms with Gasteiger partial charge in [-0.15, -0.1) is 0 Å². The molecule has 0 spiro atoms. The van der Waals surface area contributed by atoms with Crippen LogP contribution in [0.25, 0.3) is 5.82 Å². The maximum absolute atomic E-state index is 11.1. The fourth-order valence-corrected chi connectivity index (χ4v) is 1.77. The molecule has 0 aliphatic heterocycles. The lowest BCUT2D eigenvalue weighted by Crippen LogP contribution is -2.15. The second-order valence-electron chi connectivity index (χ2n) is 3.30. The molecule has 0 unspecified atom stereocenters. The van der Waals surface area contributed by atoms with Gasteiger partial charge in [-0.25, -0.2) is 9.97 Å². The number of rotatable bonds is 2. The van der Waals surface area contributed by atoms with Crippen LogP contribution in [-0.2, 0) is 0 Å². The molecule has 0 bridgehead atoms. The molecule has 0 saturated carbocycles. The van der Waals surface area contributed by atoms with E-state index in [4.69, 9.17) is 17.3 Å². The van der Waals surface area contributed by atoms with Gasteiger partial charge in [-0.3, -0.25) is 9.36 Å². The molecule has 2 N–H and O–H groups in total. The summed E-state index contributed by atoms with van der Waals surface area (Å²) in [6, 6.07) is 1.73. The van der Waals surface area contributed by atoms with E-state index in [1.807, 2.05) is 0 Å². The average Bonchev–Trinajstić information content (AvgIpc) is 2.67. The van der Waals surface area contributed by atoms with Gasteiger partial charge in [0, 0.05) is 12.4 Å². The molecule has 0 saturated heterocycles. The molecule has 1 amide bonds. The van der Waals surface area contributed by atoms with Crippen LogP contribution in [0, 0.1) is 6.92 Å². The summed E-state index contributed by atoms with van der Waals surface area (Å²) >= 11 is 5.90. The predicted molar refractivity (Wildman–Crippen MR) is 59.6 cm³/mol. The Morgan fingerprint density at radius 1 is 1.56 bits per heavy atom. The lowest BCUT2D eigenvalue weighted by Gasteiger charge is -2.07. The number of aromatic nitrogens is 3. The Kier molecular flexibility index (Phi) is 2.62. The third-order valence-electron chi connectivity index (χ3n) is 2.17. The number of nitrogens with two attached hydrogens (primary N) is 1. The summed E-state index contributed by atoms with van der Waals surface area (Å²) in [5, 5.41) is 0.108. The molecule has 0 radical (unpaired) electrons. The molecule has 16 heavy (non-hydrogen) atoms. The highest BCUT2D eigenvalue weighted by Crippen LogP contribution is 2.20. The van der Waals surface area contributed by atoms with E-state index in [0.29, 0.717) is 11.4 Å². The molecule has 0 atom stereocenters. The first kappa shape index (κ1) is 10.6. The van der Waals surface area contributed by atoms with E-state index in [0.717, 1.165) is 0 Å². The Labute approximate surface area is 96.9 Å². The first-order valence-corrected chi connectivity index (χ1v) is 4.92. The first-order valence-electron chi connectivity index (χ1n) is 4.55. The number of hydrogen-bond donors (Lipinski definition) is 1. The second kappa shape index (κ2) is 3.94. The zero-order valence-corrected chi connectivity index (χ0v) is 9.27. The second-order valence-corrected chi connectivity index (χ2v) is 3.66. The number of amides is 1. The van der Waals surface area contributed by atoms with Crippen LogP contribution >= 0.6 is 11.6 Å². The van der Waals surface area contributed by atoms with Crippen molar-refractivity contribution in [1.29, 1.82) is 0 Å². The van der Waals surface area contributed by atoms with Crippen molar-refractivity contribution in [3.8, 4) is 5.82 Å². The summed E-state index contributed by atoms with van der Waals surface area (Å²) in [5.41, 5.74) is 6.15. The topological polar surface area (TPSA) is 73.8 Å². The average molecular weight is 237 g/mol. The Balaban J connectivity index is 2.58. The van der Waals surface area contributed by atoms with Crippen molar-refractivity contribution in [3.63, 3.8) is 0 Å². The van der Waals surface area contributed by atoms with E-state index in [1.165, 1.54) is 0 Å². The lowest BCUT2D eigenvalue weighted by atomic mass is 10.1. The monoisotopic (exact) mass is 236 g/mol. The first-order chi connectivity index (χ1) is 7.59. The summed E-state index contributed by atoms with van der Waals surface area (Å²) in [7, 11) is 0. The maximum Gasteiger partial charge on any atom is 0.252 e. The molecular weight excluding hydrogens is 228 g/mol. The zero-order valence-electron chi connectivity index (χ0n) is 8.51. The summed E-state index contributed by atoms with van der Waals surface area (Å²) in [4.78, 5) is 19.1. The fourth-order valence-electron chi connectivity index (χ4n) is 1.44. The van der Waals surface area contributed by atoms with E-state index in [-0.39, 0.29) is 10.7 Å². The van der Waals surface area contributed by atoms with Gasteiger partial charge in [-0.2, -0.15) is 0 Å². The third-order valence-corrected chi connectivity index (χ3v) is 2.45. The van der Waals surface area contributed by atoms with Gasteiger partial charge in [0.25, 0.3) is 5.91 Å². The van der Waals surface area contributed by atoms with Crippen LogP contribution in [0.4, 0.5) is 0 Å². The predicted octanol–water partition coefficient (Wildman–Crippen LogP) is 1.33. The minimum Gasteiger partial charge on any atom is -0.365 e. The SMILES string of the molecule is Cc1cc(-n2ccnc2)nc(Cl)c1C(N)=O. The molecule has 2 aromatic heterocycles. The zero-order chi connectivity index (χ0) is 11.7. The molecular formula is C10H9ClN4O. The standard InChI is InChI=1S/C10H9ClN4O/c1-6-4-7(15-3-2-13-5-15)14-9(11)8(6)10(12)16/h2-5H,1H3,(H2,12,16). The fraction of sp³-hybridized carbons (Fsp3) is 0.100. The number of halogens is 1. The number of nitrogens with zero attached hydrogens (tertiary/aromatic N) is 3. The van der Waals surface area contributed by atoms with Gasteiger partial charge < -0.3 is 5.73 Å². The molecule has 5 nitrogen and oxygen atoms in total. The molecule has 2 aromatic rings. The number of carbonyl (C=O) groups is 1. The van der Waals surface area contributed by atoms with Crippen molar-refractivity contribution in [2.24, 2.45) is 5.73 Å². The Morgan fingerprint density at radius 3 is 2.81 bits per heavy atom. The van der Waals surface area contributed by atoms with Gasteiger partial charge in [-0.1, -0.05) is 11.6 Å². The van der Waals surface area contributed by atoms with Crippen molar-refractivity contribution in [1.82, 2.24) is 14.5 Å². The molecule has 0 aliphatic carbocycles. The summed E-state index contributed by atoms with van der Waals surface area (Å²) < 4.78 is 1.70. The summed E-state index contributed by atoms with van der Waals surface area (Å²) in [6.07, 6.45) is 4.97. The normalized spacial score (nSPS) is 10.4.